The van der Waals surface area contributed by atoms with Gasteiger partial charge in [0, 0.05) is 53.2 Å². The average Bonchev–Trinajstić information content (AvgIpc) is 1.59. The maximum atomic E-state index is 12.7. The van der Waals surface area contributed by atoms with Gasteiger partial charge in [-0.2, -0.15) is 75.9 Å². The second-order valence-corrected chi connectivity index (χ2v) is 47.3. The van der Waals surface area contributed by atoms with Gasteiger partial charge in [-0.05, 0) is 37.0 Å². The zero-order valence-corrected chi connectivity index (χ0v) is 67.1. The Morgan fingerprint density at radius 1 is 0.558 bits per heavy atom. The van der Waals surface area contributed by atoms with Crippen LogP contribution in [0.25, 0.3) is 39.2 Å². The molecule has 0 spiro atoms. The summed E-state index contributed by atoms with van der Waals surface area (Å²) in [6, 6.07) is 6.94. The first kappa shape index (κ1) is 84.8. The third kappa shape index (κ3) is 26.6. The number of nitrogens with one attached hydrogen (secondary N) is 1. The molecule has 1 N–H and O–H groups in total. The van der Waals surface area contributed by atoms with Crippen LogP contribution in [0.3, 0.4) is 0 Å². The normalized spacial score (nSPS) is 11.7. The number of unbranched alkanes of at least 4 members (excludes halogenated alkanes) is 3. The number of nitrogens with zero attached hydrogens (tertiary/aromatic N) is 14. The van der Waals surface area contributed by atoms with E-state index in [1.54, 1.807) is 22.1 Å². The predicted octanol–water partition coefficient (Wildman–Crippen LogP) is 11.5. The first-order valence-electron chi connectivity index (χ1n) is 29.9. The van der Waals surface area contributed by atoms with Crippen LogP contribution < -0.4 is 71.6 Å². The smallest absolute Gasteiger partial charge is 1.00 e. The van der Waals surface area contributed by atoms with Crippen molar-refractivity contribution in [2.24, 2.45) is 0 Å². The molecule has 0 aliphatic heterocycles. The standard InChI is InChI=1S/C15H14F3N5OS.C14H12F3N5OS.C10H9F3N4O.C6H8NS.3C4H9.C3H9ClSi.HI.Na.Sn/c1-8(2)10-7-25-13(19-10)9-6-12(24-3)21-14(20-9)23-5-4-11(22-23)15(16,17)18;1-7(2)9-6-24-12(18-9)8-5-11(23)20-13(19-8)22-4-3-10(21-22)14(15,16)17;1-6-5-8(18-2)15-9(14-6)17-4-3-7(16-17)10(11,12)13;1-5(2)6-3-8-4-7-6;3*1-3-4-2;1-5(2,3)4;;;/h4-8H,1-3H3;3-7H,1-2H3,(H,19,20,23);3-5H,1-2H3;3,5H,1-2H3;3*1,3-4H2,2H3;1-3H3;1H;;/q;;;;;;;;;+1;/p-1. The number of halogens is 11. The van der Waals surface area contributed by atoms with Crippen molar-refractivity contribution in [3.63, 3.8) is 0 Å². The zero-order chi connectivity index (χ0) is 69.2. The molecule has 0 fully saturated rings. The number of methoxy groups -OCH3 is 2. The number of H-pyrrole nitrogens is 1. The van der Waals surface area contributed by atoms with E-state index in [1.807, 2.05) is 49.8 Å². The predicted molar refractivity (Wildman–Crippen MR) is 353 cm³/mol. The second kappa shape index (κ2) is 38.2. The summed E-state index contributed by atoms with van der Waals surface area (Å²) in [6.45, 7) is 27.6. The summed E-state index contributed by atoms with van der Waals surface area (Å²) in [6.07, 6.45) is -1.86. The fraction of sp³-hybridized carbons (Fsp3) is 0.500. The van der Waals surface area contributed by atoms with E-state index in [0.717, 1.165) is 62.2 Å². The fourth-order valence-corrected chi connectivity index (χ4v) is 29.6. The molecule has 0 bridgehead atoms. The molecule has 0 radical (unpaired) electrons. The quantitative estimate of drug-likeness (QED) is 0.0326. The minimum Gasteiger partial charge on any atom is -1.00 e. The topological polar surface area (TPSA) is 208 Å². The van der Waals surface area contributed by atoms with Crippen LogP contribution in [0.1, 0.15) is 158 Å². The number of aromatic amines is 1. The first-order chi connectivity index (χ1) is 43.5. The van der Waals surface area contributed by atoms with Crippen molar-refractivity contribution in [2.45, 2.75) is 177 Å². The van der Waals surface area contributed by atoms with Crippen LogP contribution in [-0.2, 0) is 18.5 Å². The molecular formula is C60H79ClF9IN15NaO3S3SiSn. The fourth-order valence-electron chi connectivity index (χ4n) is 8.26. The Morgan fingerprint density at radius 3 is 1.29 bits per heavy atom. The van der Waals surface area contributed by atoms with Gasteiger partial charge in [-0.1, -0.05) is 47.3 Å². The number of alkyl halides is 9. The van der Waals surface area contributed by atoms with Crippen LogP contribution in [0.15, 0.2) is 75.9 Å². The number of aryl methyl sites for hydroxylation is 1. The largest absolute Gasteiger partial charge is 1.00 e. The minimum atomic E-state index is -4.56. The molecule has 9 aromatic rings. The van der Waals surface area contributed by atoms with E-state index in [4.69, 9.17) is 25.5 Å². The molecule has 0 unspecified atom stereocenters. The van der Waals surface area contributed by atoms with Crippen molar-refractivity contribution in [3.8, 4) is 51.0 Å². The van der Waals surface area contributed by atoms with Crippen molar-refractivity contribution >= 4 is 73.9 Å². The van der Waals surface area contributed by atoms with Gasteiger partial charge < -0.3 is 33.5 Å². The third-order valence-corrected chi connectivity index (χ3v) is 33.7. The molecular weight excluding hydrogens is 1580 g/mol. The summed E-state index contributed by atoms with van der Waals surface area (Å²) in [4.78, 5) is 48.7. The van der Waals surface area contributed by atoms with Crippen molar-refractivity contribution in [1.29, 1.82) is 0 Å². The maximum Gasteiger partial charge on any atom is 1.00 e. The molecule has 0 saturated heterocycles. The molecule has 0 saturated carbocycles. The number of rotatable bonds is 20. The Kier molecular flexibility index (Phi) is 34.1. The summed E-state index contributed by atoms with van der Waals surface area (Å²) in [5.41, 5.74) is 0.865. The SMILES string of the molecule is CC(C)c1csc(-c2cc(=O)[nH]c(-n3ccc(C(F)(F)F)n3)n2)n1.CCC[CH2][Sn]([CH2]CCC)([CH2]CCC)[c]1nc(C(C)C)cs1.COc1cc(-c2nc(C(C)C)cs2)nc(-n2ccc(C(F)(F)F)n2)n1.COc1cc(C)nc(-n2ccc(C(F)(F)F)n2)n1.C[Si](C)(C)Cl.[I-].[Na+]. The molecule has 0 aliphatic rings. The zero-order valence-electron chi connectivity index (χ0n) is 55.9. The van der Waals surface area contributed by atoms with Gasteiger partial charge in [-0.15, -0.1) is 22.7 Å². The van der Waals surface area contributed by atoms with Gasteiger partial charge in [0.25, 0.3) is 17.5 Å². The molecule has 35 heteroatoms. The molecule has 516 valence electrons. The van der Waals surface area contributed by atoms with E-state index in [2.05, 4.69) is 115 Å². The van der Waals surface area contributed by atoms with Crippen molar-refractivity contribution < 1.29 is 103 Å². The molecule has 95 heavy (non-hydrogen) atoms. The Morgan fingerprint density at radius 2 is 0.926 bits per heavy atom. The van der Waals surface area contributed by atoms with Crippen molar-refractivity contribution in [3.05, 3.63) is 121 Å². The van der Waals surface area contributed by atoms with Gasteiger partial charge in [-0.25, -0.2) is 39.0 Å². The Labute approximate surface area is 608 Å². The van der Waals surface area contributed by atoms with E-state index >= 15 is 0 Å². The summed E-state index contributed by atoms with van der Waals surface area (Å²) in [7, 11) is 1.69. The molecule has 0 aromatic carbocycles. The molecule has 9 rings (SSSR count). The van der Waals surface area contributed by atoms with Gasteiger partial charge in [-0.3, -0.25) is 9.78 Å². The van der Waals surface area contributed by atoms with Gasteiger partial charge in [0.05, 0.1) is 25.6 Å². The van der Waals surface area contributed by atoms with Gasteiger partial charge in [0.2, 0.25) is 17.7 Å². The van der Waals surface area contributed by atoms with Crippen LogP contribution in [0.2, 0.25) is 33.0 Å². The third-order valence-electron chi connectivity index (χ3n) is 13.2. The molecule has 0 aliphatic carbocycles. The van der Waals surface area contributed by atoms with E-state index in [0.29, 0.717) is 27.3 Å². The Hall–Kier alpha value is -4.43. The van der Waals surface area contributed by atoms with Crippen LogP contribution in [0.5, 0.6) is 11.8 Å². The van der Waals surface area contributed by atoms with E-state index in [1.165, 1.54) is 100 Å². The van der Waals surface area contributed by atoms with Crippen LogP contribution in [0.4, 0.5) is 39.5 Å². The monoisotopic (exact) mass is 1660 g/mol. The number of ether oxygens (including phenoxy) is 2. The summed E-state index contributed by atoms with van der Waals surface area (Å²) < 4.78 is 132. The number of hydrogen-bond acceptors (Lipinski definition) is 17. The molecule has 9 heterocycles. The van der Waals surface area contributed by atoms with Crippen molar-refractivity contribution in [1.82, 2.24) is 74.2 Å². The average molecular weight is 1660 g/mol. The van der Waals surface area contributed by atoms with Gasteiger partial charge in [0.15, 0.2) is 17.1 Å². The van der Waals surface area contributed by atoms with Crippen LogP contribution in [0, 0.1) is 6.92 Å². The second-order valence-electron chi connectivity index (χ2n) is 23.2. The van der Waals surface area contributed by atoms with E-state index in [-0.39, 0.29) is 101 Å². The summed E-state index contributed by atoms with van der Waals surface area (Å²) in [5, 5.41) is 17.6. The Balaban J connectivity index is 0.000000322. The van der Waals surface area contributed by atoms with E-state index < -0.39 is 66.9 Å². The first-order valence-corrected chi connectivity index (χ1v) is 44.5. The number of hydrogen-bond donors (Lipinski definition) is 1. The maximum absolute atomic E-state index is 12.7. The minimum absolute atomic E-state index is 0. The summed E-state index contributed by atoms with van der Waals surface area (Å²) in [5.74, 6) is 1.45. The van der Waals surface area contributed by atoms with Crippen LogP contribution in [-0.4, -0.2) is 114 Å². The molecule has 0 atom stereocenters. The molecule has 18 nitrogen and oxygen atoms in total. The summed E-state index contributed by atoms with van der Waals surface area (Å²) >= 11 is 8.17. The van der Waals surface area contributed by atoms with Crippen LogP contribution >= 0.6 is 45.1 Å². The molecule has 9 aromatic heterocycles. The van der Waals surface area contributed by atoms with Crippen molar-refractivity contribution in [2.75, 3.05) is 14.2 Å². The van der Waals surface area contributed by atoms with E-state index in [9.17, 15) is 44.3 Å². The molecule has 0 amide bonds. The van der Waals surface area contributed by atoms with Gasteiger partial charge in [0.1, 0.15) is 28.8 Å². The van der Waals surface area contributed by atoms with Gasteiger partial charge >= 0.3 is 189 Å². The number of aromatic nitrogens is 15. The number of thiazole rings is 3. The Bertz CT molecular complexity index is 3810.